The van der Waals surface area contributed by atoms with Crippen molar-refractivity contribution < 1.29 is 14.7 Å². The van der Waals surface area contributed by atoms with E-state index in [1.807, 2.05) is 20.9 Å². The Hall–Kier alpha value is -1.85. The molecule has 2 N–H and O–H groups in total. The molecule has 0 spiro atoms. The molecule has 0 saturated carbocycles. The van der Waals surface area contributed by atoms with E-state index < -0.39 is 12.0 Å². The number of aryl methyl sites for hydroxylation is 2. The van der Waals surface area contributed by atoms with Gasteiger partial charge in [0.05, 0.1) is 12.1 Å². The number of carbonyl (C=O) groups excluding carboxylic acids is 1. The third-order valence-electron chi connectivity index (χ3n) is 3.04. The van der Waals surface area contributed by atoms with E-state index in [0.29, 0.717) is 6.42 Å². The molecule has 0 aliphatic rings. The molecule has 1 aromatic rings. The van der Waals surface area contributed by atoms with E-state index >= 15 is 0 Å². The van der Waals surface area contributed by atoms with Crippen molar-refractivity contribution in [2.24, 2.45) is 7.05 Å². The van der Waals surface area contributed by atoms with Crippen molar-refractivity contribution in [3.8, 4) is 0 Å². The topological polar surface area (TPSA) is 84.2 Å². The first kappa shape index (κ1) is 14.2. The fraction of sp³-hybridized carbons (Fsp3) is 0.583. The zero-order chi connectivity index (χ0) is 13.9. The summed E-state index contributed by atoms with van der Waals surface area (Å²) in [7, 11) is 1.82. The van der Waals surface area contributed by atoms with Crippen LogP contribution in [0.2, 0.25) is 0 Å². The molecule has 1 heterocycles. The Balaban J connectivity index is 2.73. The second-order valence-electron chi connectivity index (χ2n) is 4.32. The SMILES string of the molecule is CC[C@H](NC(=O)Cc1c(C)nn(C)c1C)C(=O)O. The molecular formula is C12H19N3O3. The van der Waals surface area contributed by atoms with Crippen molar-refractivity contribution in [2.45, 2.75) is 39.7 Å². The third kappa shape index (κ3) is 3.09. The molecule has 6 nitrogen and oxygen atoms in total. The molecule has 1 amide bonds. The van der Waals surface area contributed by atoms with Gasteiger partial charge in [0.2, 0.25) is 5.91 Å². The molecule has 0 aliphatic heterocycles. The first-order valence-corrected chi connectivity index (χ1v) is 5.88. The molecule has 0 bridgehead atoms. The summed E-state index contributed by atoms with van der Waals surface area (Å²) in [6.07, 6.45) is 0.529. The van der Waals surface area contributed by atoms with Crippen LogP contribution in [-0.2, 0) is 23.1 Å². The molecule has 100 valence electrons. The van der Waals surface area contributed by atoms with Crippen molar-refractivity contribution in [3.63, 3.8) is 0 Å². The number of nitrogens with one attached hydrogen (secondary N) is 1. The number of aromatic nitrogens is 2. The number of carbonyl (C=O) groups is 2. The molecule has 6 heteroatoms. The van der Waals surface area contributed by atoms with Crippen molar-refractivity contribution >= 4 is 11.9 Å². The number of rotatable bonds is 5. The molecule has 0 fully saturated rings. The van der Waals surface area contributed by atoms with Crippen LogP contribution in [0.1, 0.15) is 30.3 Å². The maximum absolute atomic E-state index is 11.8. The Morgan fingerprint density at radius 2 is 2.06 bits per heavy atom. The lowest BCUT2D eigenvalue weighted by atomic mass is 10.1. The van der Waals surface area contributed by atoms with Crippen LogP contribution in [0, 0.1) is 13.8 Å². The Bertz CT molecular complexity index is 465. The van der Waals surface area contributed by atoms with Gasteiger partial charge in [-0.25, -0.2) is 4.79 Å². The van der Waals surface area contributed by atoms with E-state index in [1.54, 1.807) is 11.6 Å². The molecule has 1 aromatic heterocycles. The highest BCUT2D eigenvalue weighted by atomic mass is 16.4. The maximum Gasteiger partial charge on any atom is 0.326 e. The minimum atomic E-state index is -1.01. The summed E-state index contributed by atoms with van der Waals surface area (Å²) in [4.78, 5) is 22.6. The molecule has 0 aromatic carbocycles. The molecule has 18 heavy (non-hydrogen) atoms. The number of carboxylic acid groups (broad SMARTS) is 1. The fourth-order valence-electron chi connectivity index (χ4n) is 1.82. The standard InChI is InChI=1S/C12H19N3O3/c1-5-10(12(17)18)13-11(16)6-9-7(2)14-15(4)8(9)3/h10H,5-6H2,1-4H3,(H,13,16)(H,17,18)/t10-/m0/s1. The van der Waals surface area contributed by atoms with E-state index in [2.05, 4.69) is 10.4 Å². The highest BCUT2D eigenvalue weighted by Crippen LogP contribution is 2.12. The predicted molar refractivity (Wildman–Crippen MR) is 66.2 cm³/mol. The van der Waals surface area contributed by atoms with Crippen molar-refractivity contribution in [1.82, 2.24) is 15.1 Å². The summed E-state index contributed by atoms with van der Waals surface area (Å²) in [6.45, 7) is 5.45. The van der Waals surface area contributed by atoms with Gasteiger partial charge in [-0.15, -0.1) is 0 Å². The molecule has 0 radical (unpaired) electrons. The summed E-state index contributed by atoms with van der Waals surface area (Å²) in [6, 6.07) is -0.824. The number of carboxylic acids is 1. The number of hydrogen-bond acceptors (Lipinski definition) is 3. The van der Waals surface area contributed by atoms with E-state index in [0.717, 1.165) is 17.0 Å². The van der Waals surface area contributed by atoms with Gasteiger partial charge < -0.3 is 10.4 Å². The summed E-state index contributed by atoms with van der Waals surface area (Å²) in [5.74, 6) is -1.30. The maximum atomic E-state index is 11.8. The normalized spacial score (nSPS) is 12.2. The van der Waals surface area contributed by atoms with Gasteiger partial charge >= 0.3 is 5.97 Å². The number of hydrogen-bond donors (Lipinski definition) is 2. The van der Waals surface area contributed by atoms with Crippen molar-refractivity contribution in [2.75, 3.05) is 0 Å². The summed E-state index contributed by atoms with van der Waals surface area (Å²) < 4.78 is 1.71. The Morgan fingerprint density at radius 1 is 1.44 bits per heavy atom. The van der Waals surface area contributed by atoms with E-state index in [9.17, 15) is 9.59 Å². The molecule has 0 unspecified atom stereocenters. The van der Waals surface area contributed by atoms with Crippen LogP contribution < -0.4 is 5.32 Å². The quantitative estimate of drug-likeness (QED) is 0.803. The lowest BCUT2D eigenvalue weighted by Crippen LogP contribution is -2.41. The highest BCUT2D eigenvalue weighted by Gasteiger charge is 2.19. The molecule has 1 atom stereocenters. The minimum absolute atomic E-state index is 0.162. The molecule has 1 rings (SSSR count). The van der Waals surface area contributed by atoms with Crippen LogP contribution in [0.25, 0.3) is 0 Å². The van der Waals surface area contributed by atoms with Gasteiger partial charge in [0.15, 0.2) is 0 Å². The zero-order valence-electron chi connectivity index (χ0n) is 11.1. The minimum Gasteiger partial charge on any atom is -0.480 e. The van der Waals surface area contributed by atoms with Crippen LogP contribution in [-0.4, -0.2) is 32.8 Å². The highest BCUT2D eigenvalue weighted by molar-refractivity contribution is 5.85. The van der Waals surface area contributed by atoms with E-state index in [1.165, 1.54) is 0 Å². The Morgan fingerprint density at radius 3 is 2.44 bits per heavy atom. The first-order valence-electron chi connectivity index (χ1n) is 5.88. The lowest BCUT2D eigenvalue weighted by Gasteiger charge is -2.12. The van der Waals surface area contributed by atoms with Gasteiger partial charge in [-0.05, 0) is 20.3 Å². The van der Waals surface area contributed by atoms with Gasteiger partial charge in [-0.2, -0.15) is 5.10 Å². The van der Waals surface area contributed by atoms with Crippen LogP contribution in [0.3, 0.4) is 0 Å². The van der Waals surface area contributed by atoms with Gasteiger partial charge in [-0.1, -0.05) is 6.92 Å². The second kappa shape index (κ2) is 5.66. The molecule has 0 aliphatic carbocycles. The summed E-state index contributed by atoms with van der Waals surface area (Å²) >= 11 is 0. The average Bonchev–Trinajstić information content (AvgIpc) is 2.52. The second-order valence-corrected chi connectivity index (χ2v) is 4.32. The van der Waals surface area contributed by atoms with E-state index in [4.69, 9.17) is 5.11 Å². The van der Waals surface area contributed by atoms with Crippen LogP contribution in [0.15, 0.2) is 0 Å². The predicted octanol–water partition coefficient (Wildman–Crippen LogP) is 0.559. The number of nitrogens with zero attached hydrogens (tertiary/aromatic N) is 2. The van der Waals surface area contributed by atoms with Gasteiger partial charge in [0.1, 0.15) is 6.04 Å². The van der Waals surface area contributed by atoms with Crippen molar-refractivity contribution in [1.29, 1.82) is 0 Å². The van der Waals surface area contributed by atoms with Gasteiger partial charge in [0, 0.05) is 18.3 Å². The van der Waals surface area contributed by atoms with Crippen LogP contribution in [0.5, 0.6) is 0 Å². The smallest absolute Gasteiger partial charge is 0.326 e. The fourth-order valence-corrected chi connectivity index (χ4v) is 1.82. The van der Waals surface area contributed by atoms with Crippen molar-refractivity contribution in [3.05, 3.63) is 17.0 Å². The zero-order valence-corrected chi connectivity index (χ0v) is 11.1. The Labute approximate surface area is 106 Å². The third-order valence-corrected chi connectivity index (χ3v) is 3.04. The Kier molecular flexibility index (Phi) is 4.47. The largest absolute Gasteiger partial charge is 0.480 e. The monoisotopic (exact) mass is 253 g/mol. The molecular weight excluding hydrogens is 234 g/mol. The van der Waals surface area contributed by atoms with Gasteiger partial charge in [-0.3, -0.25) is 9.48 Å². The van der Waals surface area contributed by atoms with Crippen LogP contribution >= 0.6 is 0 Å². The van der Waals surface area contributed by atoms with Gasteiger partial charge in [0.25, 0.3) is 0 Å². The summed E-state index contributed by atoms with van der Waals surface area (Å²) in [5.41, 5.74) is 2.58. The summed E-state index contributed by atoms with van der Waals surface area (Å²) in [5, 5.41) is 15.6. The number of amides is 1. The van der Waals surface area contributed by atoms with Crippen LogP contribution in [0.4, 0.5) is 0 Å². The molecule has 0 saturated heterocycles. The number of aliphatic carboxylic acids is 1. The first-order chi connectivity index (χ1) is 8.36. The average molecular weight is 253 g/mol. The van der Waals surface area contributed by atoms with E-state index in [-0.39, 0.29) is 12.3 Å². The lowest BCUT2D eigenvalue weighted by molar-refractivity contribution is -0.141.